The predicted molar refractivity (Wildman–Crippen MR) is 104 cm³/mol. The van der Waals surface area contributed by atoms with Gasteiger partial charge >= 0.3 is 0 Å². The molecule has 1 aliphatic carbocycles. The Kier molecular flexibility index (Phi) is 5.69. The summed E-state index contributed by atoms with van der Waals surface area (Å²) in [5.74, 6) is 0.147. The Labute approximate surface area is 159 Å². The zero-order valence-corrected chi connectivity index (χ0v) is 16.9. The molecule has 6 N–H and O–H groups in total. The van der Waals surface area contributed by atoms with Gasteiger partial charge in [-0.25, -0.2) is 0 Å². The first-order valence-corrected chi connectivity index (χ1v) is 10.5. The average Bonchev–Trinajstić information content (AvgIpc) is 2.91. The largest absolute Gasteiger partial charge is 0.365 e. The maximum absolute atomic E-state index is 12.5. The molecule has 26 heavy (non-hydrogen) atoms. The number of amides is 2. The highest BCUT2D eigenvalue weighted by Crippen LogP contribution is 2.44. The Balaban J connectivity index is 1.76. The number of hydrogen-bond donors (Lipinski definition) is 4. The van der Waals surface area contributed by atoms with Gasteiger partial charge in [-0.15, -0.1) is 11.3 Å². The molecule has 0 bridgehead atoms. The second-order valence-corrected chi connectivity index (χ2v) is 9.82. The summed E-state index contributed by atoms with van der Waals surface area (Å²) in [5.41, 5.74) is 7.53. The molecule has 0 unspecified atom stereocenters. The lowest BCUT2D eigenvalue weighted by Crippen LogP contribution is -3.21. The number of nitrogens with two attached hydrogens (primary N) is 2. The highest BCUT2D eigenvalue weighted by Gasteiger charge is 2.33. The van der Waals surface area contributed by atoms with Crippen molar-refractivity contribution in [1.29, 1.82) is 0 Å². The Bertz CT molecular complexity index is 686. The number of fused-ring (bicyclic) bond motifs is 1. The van der Waals surface area contributed by atoms with Gasteiger partial charge in [0.1, 0.15) is 31.2 Å². The summed E-state index contributed by atoms with van der Waals surface area (Å²) in [7, 11) is 0. The van der Waals surface area contributed by atoms with Crippen LogP contribution in [0.1, 0.15) is 48.0 Å². The molecule has 1 fully saturated rings. The smallest absolute Gasteiger partial charge is 0.280 e. The van der Waals surface area contributed by atoms with Crippen LogP contribution in [0, 0.1) is 11.3 Å². The lowest BCUT2D eigenvalue weighted by Gasteiger charge is -2.33. The van der Waals surface area contributed by atoms with E-state index in [9.17, 15) is 9.59 Å². The third-order valence-corrected chi connectivity index (χ3v) is 6.97. The summed E-state index contributed by atoms with van der Waals surface area (Å²) in [4.78, 5) is 27.1. The van der Waals surface area contributed by atoms with Crippen molar-refractivity contribution in [2.24, 2.45) is 17.1 Å². The Morgan fingerprint density at radius 1 is 1.31 bits per heavy atom. The van der Waals surface area contributed by atoms with Crippen LogP contribution in [-0.2, 0) is 17.6 Å². The molecule has 1 aromatic heterocycles. The van der Waals surface area contributed by atoms with Gasteiger partial charge < -0.3 is 21.3 Å². The highest BCUT2D eigenvalue weighted by atomic mass is 32.1. The molecule has 1 saturated heterocycles. The molecule has 144 valence electrons. The maximum atomic E-state index is 12.5. The monoisotopic (exact) mass is 380 g/mol. The molecule has 2 amide bonds. The van der Waals surface area contributed by atoms with Crippen LogP contribution < -0.4 is 21.3 Å². The third kappa shape index (κ3) is 4.27. The first-order chi connectivity index (χ1) is 12.3. The molecule has 2 aliphatic rings. The zero-order valence-electron chi connectivity index (χ0n) is 16.1. The van der Waals surface area contributed by atoms with E-state index in [1.807, 2.05) is 0 Å². The van der Waals surface area contributed by atoms with Crippen LogP contribution in [0.4, 0.5) is 5.00 Å². The first kappa shape index (κ1) is 19.3. The lowest BCUT2D eigenvalue weighted by molar-refractivity contribution is -0.940. The Morgan fingerprint density at radius 3 is 2.62 bits per heavy atom. The number of quaternary nitrogens is 2. The minimum absolute atomic E-state index is 0.0182. The first-order valence-electron chi connectivity index (χ1n) is 9.65. The van der Waals surface area contributed by atoms with Crippen LogP contribution in [0.25, 0.3) is 0 Å². The van der Waals surface area contributed by atoms with Crippen LogP contribution >= 0.6 is 11.3 Å². The van der Waals surface area contributed by atoms with E-state index >= 15 is 0 Å². The zero-order chi connectivity index (χ0) is 18.9. The topological polar surface area (TPSA) is 93.2 Å². The molecule has 1 aliphatic heterocycles. The van der Waals surface area contributed by atoms with Gasteiger partial charge in [-0.2, -0.15) is 0 Å². The number of carbonyl (C=O) groups is 2. The summed E-state index contributed by atoms with van der Waals surface area (Å²) in [6.07, 6.45) is 2.90. The van der Waals surface area contributed by atoms with E-state index in [4.69, 9.17) is 5.73 Å². The number of thiophene rings is 1. The van der Waals surface area contributed by atoms with Gasteiger partial charge in [-0.3, -0.25) is 9.59 Å². The number of anilines is 1. The van der Waals surface area contributed by atoms with E-state index in [0.717, 1.165) is 51.0 Å². The molecule has 3 rings (SSSR count). The average molecular weight is 381 g/mol. The Morgan fingerprint density at radius 2 is 2.00 bits per heavy atom. The van der Waals surface area contributed by atoms with E-state index in [0.29, 0.717) is 23.0 Å². The molecule has 6 nitrogen and oxygen atoms in total. The highest BCUT2D eigenvalue weighted by molar-refractivity contribution is 7.17. The molecule has 7 heteroatoms. The van der Waals surface area contributed by atoms with Crippen LogP contribution in [0.15, 0.2) is 0 Å². The normalized spacial score (nSPS) is 21.3. The van der Waals surface area contributed by atoms with Gasteiger partial charge in [0.25, 0.3) is 11.8 Å². The van der Waals surface area contributed by atoms with Gasteiger partial charge in [0.05, 0.1) is 5.56 Å². The van der Waals surface area contributed by atoms with Crippen molar-refractivity contribution in [2.45, 2.75) is 40.0 Å². The second-order valence-electron chi connectivity index (χ2n) is 8.72. The fraction of sp³-hybridized carbons (Fsp3) is 0.684. The van der Waals surface area contributed by atoms with Gasteiger partial charge in [-0.05, 0) is 36.2 Å². The number of piperazine rings is 1. The molecule has 0 radical (unpaired) electrons. The second kappa shape index (κ2) is 7.66. The van der Waals surface area contributed by atoms with Crippen LogP contribution in [0.2, 0.25) is 0 Å². The van der Waals surface area contributed by atoms with Crippen molar-refractivity contribution in [2.75, 3.05) is 38.0 Å². The molecule has 2 heterocycles. The van der Waals surface area contributed by atoms with E-state index in [-0.39, 0.29) is 11.3 Å². The lowest BCUT2D eigenvalue weighted by atomic mass is 9.72. The molecular formula is C19H32N4O2S+2. The molecule has 0 spiro atoms. The molecule has 1 aromatic rings. The summed E-state index contributed by atoms with van der Waals surface area (Å²) in [6.45, 7) is 11.4. The van der Waals surface area contributed by atoms with Gasteiger partial charge in [0, 0.05) is 4.88 Å². The SMILES string of the molecule is CC(C)(C)[C@H]1CCc2c(sc(NC(=O)C[NH+]3CC[NH2+]CC3)c2C(N)=O)C1. The summed E-state index contributed by atoms with van der Waals surface area (Å²) in [6, 6.07) is 0. The summed E-state index contributed by atoms with van der Waals surface area (Å²) >= 11 is 1.55. The third-order valence-electron chi connectivity index (χ3n) is 5.80. The number of primary amides is 1. The van der Waals surface area contributed by atoms with Crippen molar-refractivity contribution < 1.29 is 19.8 Å². The maximum Gasteiger partial charge on any atom is 0.280 e. The fourth-order valence-corrected chi connectivity index (χ4v) is 5.48. The summed E-state index contributed by atoms with van der Waals surface area (Å²) in [5, 5.41) is 5.94. The Hall–Kier alpha value is -1.44. The number of nitrogens with one attached hydrogen (secondary N) is 2. The number of rotatable bonds is 4. The van der Waals surface area contributed by atoms with Crippen molar-refractivity contribution in [3.8, 4) is 0 Å². The van der Waals surface area contributed by atoms with Crippen molar-refractivity contribution >= 4 is 28.2 Å². The van der Waals surface area contributed by atoms with E-state index in [1.165, 1.54) is 9.78 Å². The standard InChI is InChI=1S/C19H30N4O2S/c1-19(2,3)12-4-5-13-14(10-12)26-18(16(13)17(20)25)22-15(24)11-23-8-6-21-7-9-23/h12,21H,4-11H2,1-3H3,(H2,20,25)(H,22,24)/p+2/t12-/m0/s1. The van der Waals surface area contributed by atoms with Gasteiger partial charge in [0.15, 0.2) is 6.54 Å². The molecule has 0 saturated carbocycles. The van der Waals surface area contributed by atoms with Crippen molar-refractivity contribution in [3.63, 3.8) is 0 Å². The molecule has 0 aromatic carbocycles. The van der Waals surface area contributed by atoms with Crippen LogP contribution in [0.5, 0.6) is 0 Å². The van der Waals surface area contributed by atoms with E-state index in [1.54, 1.807) is 11.3 Å². The van der Waals surface area contributed by atoms with Crippen LogP contribution in [0.3, 0.4) is 0 Å². The predicted octanol–water partition coefficient (Wildman–Crippen LogP) is -0.602. The number of hydrogen-bond acceptors (Lipinski definition) is 3. The van der Waals surface area contributed by atoms with Crippen LogP contribution in [-0.4, -0.2) is 44.5 Å². The van der Waals surface area contributed by atoms with Crippen molar-refractivity contribution in [3.05, 3.63) is 16.0 Å². The van der Waals surface area contributed by atoms with Gasteiger partial charge in [-0.1, -0.05) is 20.8 Å². The van der Waals surface area contributed by atoms with Crippen molar-refractivity contribution in [1.82, 2.24) is 0 Å². The molecule has 1 atom stereocenters. The molecular weight excluding hydrogens is 348 g/mol. The minimum Gasteiger partial charge on any atom is -0.365 e. The quantitative estimate of drug-likeness (QED) is 0.561. The minimum atomic E-state index is -0.424. The number of carbonyl (C=O) groups excluding carboxylic acids is 2. The van der Waals surface area contributed by atoms with E-state index < -0.39 is 5.91 Å². The van der Waals surface area contributed by atoms with E-state index in [2.05, 4.69) is 31.4 Å². The fourth-order valence-electron chi connectivity index (χ4n) is 4.13. The van der Waals surface area contributed by atoms with Gasteiger partial charge in [0.2, 0.25) is 0 Å². The summed E-state index contributed by atoms with van der Waals surface area (Å²) < 4.78 is 0.